The van der Waals surface area contributed by atoms with Gasteiger partial charge in [-0.15, -0.1) is 0 Å². The zero-order valence-corrected chi connectivity index (χ0v) is 23.7. The number of pyridine rings is 1. The second kappa shape index (κ2) is 11.4. The Balaban J connectivity index is 1.48. The maximum Gasteiger partial charge on any atom is 0.263 e. The number of nitrogens with zero attached hydrogens (tertiary/aromatic N) is 5. The van der Waals surface area contributed by atoms with Crippen LogP contribution < -0.4 is 21.5 Å². The molecule has 214 valence electrons. The second-order valence-electron chi connectivity index (χ2n) is 9.67. The zero-order valence-electron chi connectivity index (χ0n) is 22.2. The summed E-state index contributed by atoms with van der Waals surface area (Å²) >= 11 is 12.5. The number of hydrogen-bond donors (Lipinski definition) is 3. The Kier molecular flexibility index (Phi) is 7.89. The van der Waals surface area contributed by atoms with Gasteiger partial charge in [-0.05, 0) is 24.1 Å². The summed E-state index contributed by atoms with van der Waals surface area (Å²) in [5.74, 6) is -1.12. The molecule has 1 fully saturated rings. The van der Waals surface area contributed by atoms with E-state index in [4.69, 9.17) is 33.7 Å². The molecule has 14 heteroatoms. The van der Waals surface area contributed by atoms with Crippen LogP contribution in [0.25, 0.3) is 22.2 Å². The minimum Gasteiger partial charge on any atom is -0.506 e. The first-order valence-corrected chi connectivity index (χ1v) is 13.5. The lowest BCUT2D eigenvalue weighted by Crippen LogP contribution is -2.42. The van der Waals surface area contributed by atoms with Crippen LogP contribution in [0.3, 0.4) is 0 Å². The fourth-order valence-electron chi connectivity index (χ4n) is 4.76. The number of halogens is 2. The Morgan fingerprint density at radius 2 is 2.00 bits per heavy atom. The third-order valence-electron chi connectivity index (χ3n) is 6.92. The maximum atomic E-state index is 13.2. The van der Waals surface area contributed by atoms with Crippen molar-refractivity contribution in [2.45, 2.75) is 26.0 Å². The van der Waals surface area contributed by atoms with Crippen molar-refractivity contribution in [3.05, 3.63) is 62.9 Å². The monoisotopic (exact) mass is 599 g/mol. The number of phenols is 1. The molecule has 0 saturated carbocycles. The summed E-state index contributed by atoms with van der Waals surface area (Å²) in [6.45, 7) is 3.76. The van der Waals surface area contributed by atoms with Gasteiger partial charge in [0.2, 0.25) is 5.91 Å². The zero-order chi connectivity index (χ0) is 29.4. The molecule has 0 spiro atoms. The van der Waals surface area contributed by atoms with Gasteiger partial charge in [-0.2, -0.15) is 0 Å². The van der Waals surface area contributed by atoms with Gasteiger partial charge in [-0.25, -0.2) is 9.97 Å². The molecule has 0 bridgehead atoms. The Bertz CT molecular complexity index is 1740. The molecular formula is C27H27Cl2N7O5. The SMILES string of the molecule is CC[C@@H]1CN(c2cc(NC(=O)Cn3cc(-c4cc(Cl)c(O)c(C(N)=O)c4)c4c(=O)n(C)cnc43)c(Cl)cn2)CCO1. The molecule has 4 N–H and O–H groups in total. The molecule has 12 nitrogen and oxygen atoms in total. The van der Waals surface area contributed by atoms with Gasteiger partial charge in [-0.3, -0.25) is 14.4 Å². The van der Waals surface area contributed by atoms with Gasteiger partial charge in [0.25, 0.3) is 11.5 Å². The Morgan fingerprint density at radius 1 is 1.22 bits per heavy atom. The van der Waals surface area contributed by atoms with Crippen molar-refractivity contribution in [2.75, 3.05) is 29.9 Å². The van der Waals surface area contributed by atoms with Crippen LogP contribution in [0.2, 0.25) is 10.0 Å². The first kappa shape index (κ1) is 28.4. The molecule has 1 aromatic carbocycles. The van der Waals surface area contributed by atoms with E-state index in [-0.39, 0.29) is 44.9 Å². The van der Waals surface area contributed by atoms with Gasteiger partial charge in [0, 0.05) is 38.0 Å². The lowest BCUT2D eigenvalue weighted by Gasteiger charge is -2.33. The molecule has 1 saturated heterocycles. The van der Waals surface area contributed by atoms with Gasteiger partial charge in [0.1, 0.15) is 23.8 Å². The molecule has 3 aromatic heterocycles. The van der Waals surface area contributed by atoms with Crippen molar-refractivity contribution in [3.63, 3.8) is 0 Å². The number of morpholine rings is 1. The van der Waals surface area contributed by atoms with E-state index in [9.17, 15) is 19.5 Å². The highest BCUT2D eigenvalue weighted by molar-refractivity contribution is 6.34. The lowest BCUT2D eigenvalue weighted by molar-refractivity contribution is -0.116. The highest BCUT2D eigenvalue weighted by Crippen LogP contribution is 2.36. The van der Waals surface area contributed by atoms with Crippen LogP contribution in [0.15, 0.2) is 41.7 Å². The third-order valence-corrected chi connectivity index (χ3v) is 7.51. The topological polar surface area (TPSA) is 158 Å². The van der Waals surface area contributed by atoms with E-state index >= 15 is 0 Å². The molecule has 1 aliphatic heterocycles. The number of anilines is 2. The molecular weight excluding hydrogens is 573 g/mol. The standard InChI is InChI=1S/C27H27Cl2N7O5/c1-3-15-10-35(4-5-41-15)21-8-20(19(29)9-31-21)33-22(37)12-36-11-17(23-26(36)32-13-34(2)27(23)40)14-6-16(25(30)39)24(38)18(28)7-14/h6-9,11,13,15,38H,3-5,10,12H2,1-2H3,(H2,30,39)(H,31,33,37)/t15-/m1/s1. The first-order valence-electron chi connectivity index (χ1n) is 12.8. The fraction of sp³-hybridized carbons (Fsp3) is 0.296. The van der Waals surface area contributed by atoms with E-state index in [0.29, 0.717) is 42.3 Å². The van der Waals surface area contributed by atoms with E-state index in [0.717, 1.165) is 6.42 Å². The lowest BCUT2D eigenvalue weighted by atomic mass is 10.0. The molecule has 4 heterocycles. The summed E-state index contributed by atoms with van der Waals surface area (Å²) in [5.41, 5.74) is 6.14. The normalized spacial score (nSPS) is 15.3. The van der Waals surface area contributed by atoms with Crippen molar-refractivity contribution < 1.29 is 19.4 Å². The summed E-state index contributed by atoms with van der Waals surface area (Å²) in [5, 5.41) is 13.3. The predicted molar refractivity (Wildman–Crippen MR) is 156 cm³/mol. The molecule has 5 rings (SSSR count). The second-order valence-corrected chi connectivity index (χ2v) is 10.5. The number of carbonyl (C=O) groups is 2. The van der Waals surface area contributed by atoms with Crippen LogP contribution >= 0.6 is 23.2 Å². The van der Waals surface area contributed by atoms with E-state index < -0.39 is 17.6 Å². The number of rotatable bonds is 7. The quantitative estimate of drug-likeness (QED) is 0.292. The summed E-state index contributed by atoms with van der Waals surface area (Å²) in [6.07, 6.45) is 5.36. The van der Waals surface area contributed by atoms with Crippen molar-refractivity contribution in [1.82, 2.24) is 19.1 Å². The fourth-order valence-corrected chi connectivity index (χ4v) is 5.13. The van der Waals surface area contributed by atoms with Gasteiger partial charge in [-0.1, -0.05) is 30.1 Å². The van der Waals surface area contributed by atoms with E-state index in [1.165, 1.54) is 33.8 Å². The van der Waals surface area contributed by atoms with Crippen LogP contribution in [0.1, 0.15) is 23.7 Å². The van der Waals surface area contributed by atoms with Gasteiger partial charge in [0.15, 0.2) is 0 Å². The average Bonchev–Trinajstić information content (AvgIpc) is 3.31. The minimum atomic E-state index is -0.892. The average molecular weight is 600 g/mol. The molecule has 4 aromatic rings. The predicted octanol–water partition coefficient (Wildman–Crippen LogP) is 3.16. The molecule has 1 aliphatic rings. The van der Waals surface area contributed by atoms with Crippen LogP contribution in [-0.2, 0) is 23.1 Å². The molecule has 0 radical (unpaired) electrons. The molecule has 2 amide bonds. The number of aryl methyl sites for hydroxylation is 1. The highest BCUT2D eigenvalue weighted by Gasteiger charge is 2.23. The number of amides is 2. The minimum absolute atomic E-state index is 0.0956. The maximum absolute atomic E-state index is 13.2. The molecule has 0 aliphatic carbocycles. The summed E-state index contributed by atoms with van der Waals surface area (Å²) in [6, 6.07) is 4.46. The van der Waals surface area contributed by atoms with Crippen molar-refractivity contribution in [2.24, 2.45) is 12.8 Å². The molecule has 0 unspecified atom stereocenters. The number of benzene rings is 1. The number of fused-ring (bicyclic) bond motifs is 1. The van der Waals surface area contributed by atoms with E-state index in [2.05, 4.69) is 27.1 Å². The van der Waals surface area contributed by atoms with Gasteiger partial charge >= 0.3 is 0 Å². The van der Waals surface area contributed by atoms with Crippen LogP contribution in [-0.4, -0.2) is 61.8 Å². The number of carbonyl (C=O) groups excluding carboxylic acids is 2. The molecule has 1 atom stereocenters. The van der Waals surface area contributed by atoms with Crippen LogP contribution in [0, 0.1) is 0 Å². The number of ether oxygens (including phenoxy) is 1. The van der Waals surface area contributed by atoms with Crippen molar-refractivity contribution in [1.29, 1.82) is 0 Å². The largest absolute Gasteiger partial charge is 0.506 e. The number of primary amides is 1. The third kappa shape index (κ3) is 5.58. The Morgan fingerprint density at radius 3 is 2.73 bits per heavy atom. The number of nitrogens with one attached hydrogen (secondary N) is 1. The summed E-state index contributed by atoms with van der Waals surface area (Å²) in [7, 11) is 1.54. The van der Waals surface area contributed by atoms with Crippen LogP contribution in [0.4, 0.5) is 11.5 Å². The van der Waals surface area contributed by atoms with E-state index in [1.54, 1.807) is 19.3 Å². The Hall–Kier alpha value is -4.13. The van der Waals surface area contributed by atoms with Gasteiger partial charge < -0.3 is 34.9 Å². The number of nitrogens with two attached hydrogens (primary N) is 1. The first-order chi connectivity index (χ1) is 19.6. The highest BCUT2D eigenvalue weighted by atomic mass is 35.5. The van der Waals surface area contributed by atoms with Crippen molar-refractivity contribution in [3.8, 4) is 16.9 Å². The number of aromatic hydroxyl groups is 1. The van der Waals surface area contributed by atoms with Crippen molar-refractivity contribution >= 4 is 57.6 Å². The molecule has 41 heavy (non-hydrogen) atoms. The number of hydrogen-bond acceptors (Lipinski definition) is 8. The smallest absolute Gasteiger partial charge is 0.263 e. The van der Waals surface area contributed by atoms with Crippen LogP contribution in [0.5, 0.6) is 5.75 Å². The summed E-state index contributed by atoms with van der Waals surface area (Å²) in [4.78, 5) is 49.2. The Labute approximate surface area is 244 Å². The van der Waals surface area contributed by atoms with E-state index in [1.807, 2.05) is 0 Å². The summed E-state index contributed by atoms with van der Waals surface area (Å²) < 4.78 is 8.54. The van der Waals surface area contributed by atoms with Gasteiger partial charge in [0.05, 0.1) is 51.9 Å². The number of aromatic nitrogens is 4.